The van der Waals surface area contributed by atoms with Crippen LogP contribution in [0.3, 0.4) is 0 Å². The van der Waals surface area contributed by atoms with E-state index >= 15 is 0 Å². The van der Waals surface area contributed by atoms with E-state index in [4.69, 9.17) is 0 Å². The van der Waals surface area contributed by atoms with Gasteiger partial charge in [-0.05, 0) is 41.7 Å². The minimum Gasteiger partial charge on any atom is -0.196 e. The topological polar surface area (TPSA) is 0 Å². The van der Waals surface area contributed by atoms with Gasteiger partial charge in [0.1, 0.15) is 18.5 Å². The summed E-state index contributed by atoms with van der Waals surface area (Å²) in [7, 11) is -1.77. The van der Waals surface area contributed by atoms with Gasteiger partial charge in [0.25, 0.3) is 0 Å². The number of benzene rings is 4. The molecular formula is C45H53Ir2P2-. The van der Waals surface area contributed by atoms with Crippen LogP contribution in [0.25, 0.3) is 0 Å². The first-order chi connectivity index (χ1) is 22.5. The molecule has 0 aliphatic heterocycles. The van der Waals surface area contributed by atoms with Crippen molar-refractivity contribution in [3.8, 4) is 0 Å². The maximum atomic E-state index is 3.54. The molecule has 6 aromatic rings. The quantitative estimate of drug-likeness (QED) is 0.115. The van der Waals surface area contributed by atoms with Crippen LogP contribution in [0.4, 0.5) is 0 Å². The fourth-order valence-corrected chi connectivity index (χ4v) is 13.8. The second-order valence-corrected chi connectivity index (χ2v) is 18.4. The van der Waals surface area contributed by atoms with Gasteiger partial charge in [-0.1, -0.05) is 124 Å². The summed E-state index contributed by atoms with van der Waals surface area (Å²) in [5, 5.41) is 5.83. The van der Waals surface area contributed by atoms with E-state index in [9.17, 15) is 0 Å². The van der Waals surface area contributed by atoms with Crippen molar-refractivity contribution >= 4 is 37.1 Å². The standard InChI is InChI=1S/C25H21P2.2C10H15.2Ir/c1-5-13-22(14-6-1)26(23-15-7-2-8-16-23)21-27(24-17-9-3-10-18-24)25-19-11-4-12-20-25;2*1-6-7(2)9(4)10(5)8(6)3;;/h1-19H,21H2;2*1-5H3;;/q3*-1;;/p+2. The van der Waals surface area contributed by atoms with E-state index in [1.807, 2.05) is 0 Å². The molecule has 0 aliphatic carbocycles. The van der Waals surface area contributed by atoms with Crippen LogP contribution >= 0.6 is 15.8 Å². The molecule has 4 heteroatoms. The predicted octanol–water partition coefficient (Wildman–Crippen LogP) is 10.4. The van der Waals surface area contributed by atoms with Crippen molar-refractivity contribution in [2.24, 2.45) is 0 Å². The Balaban J connectivity index is 0.000000313. The molecule has 1 unspecified atom stereocenters. The zero-order valence-corrected chi connectivity index (χ0v) is 37.6. The molecule has 0 aliphatic rings. The predicted molar refractivity (Wildman–Crippen MR) is 216 cm³/mol. The smallest absolute Gasteiger partial charge is 0.172 e. The summed E-state index contributed by atoms with van der Waals surface area (Å²) in [6.45, 7) is 22.0. The molecule has 2 radical (unpaired) electrons. The van der Waals surface area contributed by atoms with Gasteiger partial charge in [0.05, 0.1) is 13.2 Å². The maximum Gasteiger partial charge on any atom is 0.172 e. The molecule has 262 valence electrons. The van der Waals surface area contributed by atoms with Gasteiger partial charge >= 0.3 is 0 Å². The third-order valence-electron chi connectivity index (χ3n) is 10.4. The van der Waals surface area contributed by atoms with Crippen LogP contribution in [0.5, 0.6) is 0 Å². The molecule has 0 saturated carbocycles. The van der Waals surface area contributed by atoms with Gasteiger partial charge in [-0.25, -0.2) is 0 Å². The van der Waals surface area contributed by atoms with Gasteiger partial charge in [0.2, 0.25) is 0 Å². The fraction of sp³-hybridized carbons (Fsp3) is 0.244. The van der Waals surface area contributed by atoms with Crippen molar-refractivity contribution in [2.45, 2.75) is 69.2 Å². The maximum absolute atomic E-state index is 3.54. The molecule has 6 aromatic carbocycles. The first-order valence-electron chi connectivity index (χ1n) is 16.8. The van der Waals surface area contributed by atoms with Gasteiger partial charge in [-0.2, -0.15) is 73.8 Å². The van der Waals surface area contributed by atoms with E-state index in [0.717, 1.165) is 0 Å². The molecular weight excluding hydrogens is 987 g/mol. The van der Waals surface area contributed by atoms with Gasteiger partial charge in [-0.3, -0.25) is 0 Å². The van der Waals surface area contributed by atoms with E-state index in [-0.39, 0.29) is 40.2 Å². The minimum absolute atomic E-state index is 0. The van der Waals surface area contributed by atoms with Crippen molar-refractivity contribution in [1.29, 1.82) is 0 Å². The SMILES string of the molecule is Cc1c(C)c(C)[c-](C)c1C.Cc1c(C)c(C)[c-](C)c1C.[Ir].[Ir].[c-]1ccccc1[PH+](C[PH+](c1ccccc1)c1ccccc1)c1ccccc1. The normalized spacial score (nSPS) is 10.9. The number of hydrogen-bond donors (Lipinski definition) is 0. The Morgan fingerprint density at radius 3 is 1.00 bits per heavy atom. The van der Waals surface area contributed by atoms with Crippen molar-refractivity contribution in [3.63, 3.8) is 0 Å². The summed E-state index contributed by atoms with van der Waals surface area (Å²) in [5.74, 6) is 1.22. The fourth-order valence-electron chi connectivity index (χ4n) is 6.21. The van der Waals surface area contributed by atoms with Gasteiger partial charge in [0, 0.05) is 40.2 Å². The van der Waals surface area contributed by atoms with Crippen LogP contribution in [-0.2, 0) is 40.2 Å². The van der Waals surface area contributed by atoms with Gasteiger partial charge in [-0.15, -0.1) is 12.1 Å². The second kappa shape index (κ2) is 20.6. The first kappa shape index (κ1) is 42.9. The third kappa shape index (κ3) is 10.9. The molecule has 0 N–H and O–H groups in total. The molecule has 0 saturated heterocycles. The van der Waals surface area contributed by atoms with E-state index in [2.05, 4.69) is 191 Å². The average Bonchev–Trinajstić information content (AvgIpc) is 3.40. The Labute approximate surface area is 327 Å². The van der Waals surface area contributed by atoms with E-state index < -0.39 is 15.8 Å². The van der Waals surface area contributed by atoms with E-state index in [1.165, 1.54) is 82.8 Å². The summed E-state index contributed by atoms with van der Waals surface area (Å²) in [6, 6.07) is 45.2. The summed E-state index contributed by atoms with van der Waals surface area (Å²) < 4.78 is 0. The Hall–Kier alpha value is -2.26. The van der Waals surface area contributed by atoms with Crippen LogP contribution in [-0.4, -0.2) is 5.90 Å². The molecule has 49 heavy (non-hydrogen) atoms. The van der Waals surface area contributed by atoms with Crippen LogP contribution in [0.1, 0.15) is 55.6 Å². The number of rotatable bonds is 6. The Kier molecular flexibility index (Phi) is 18.0. The van der Waals surface area contributed by atoms with E-state index in [0.29, 0.717) is 0 Å². The Bertz CT molecular complexity index is 1460. The largest absolute Gasteiger partial charge is 0.196 e. The van der Waals surface area contributed by atoms with E-state index in [1.54, 1.807) is 0 Å². The zero-order chi connectivity index (χ0) is 34.1. The van der Waals surface area contributed by atoms with Crippen LogP contribution < -0.4 is 21.2 Å². The van der Waals surface area contributed by atoms with Crippen LogP contribution in [0, 0.1) is 75.3 Å². The minimum atomic E-state index is -0.903. The molecule has 1 atom stereocenters. The van der Waals surface area contributed by atoms with Gasteiger partial charge < -0.3 is 0 Å². The molecule has 0 heterocycles. The average molecular weight is 1040 g/mol. The molecule has 0 fully saturated rings. The van der Waals surface area contributed by atoms with Gasteiger partial charge in [0.15, 0.2) is 5.90 Å². The monoisotopic (exact) mass is 1040 g/mol. The van der Waals surface area contributed by atoms with Crippen LogP contribution in [0.15, 0.2) is 115 Å². The first-order valence-corrected chi connectivity index (χ1v) is 20.2. The molecule has 0 spiro atoms. The summed E-state index contributed by atoms with van der Waals surface area (Å²) in [4.78, 5) is 0. The van der Waals surface area contributed by atoms with Crippen LogP contribution in [0.2, 0.25) is 0 Å². The Morgan fingerprint density at radius 1 is 0.429 bits per heavy atom. The number of hydrogen-bond acceptors (Lipinski definition) is 0. The molecule has 0 aromatic heterocycles. The zero-order valence-electron chi connectivity index (χ0n) is 30.8. The molecule has 0 bridgehead atoms. The third-order valence-corrected chi connectivity index (χ3v) is 17.3. The summed E-state index contributed by atoms with van der Waals surface area (Å²) in [6.07, 6.45) is 0. The molecule has 0 nitrogen and oxygen atoms in total. The summed E-state index contributed by atoms with van der Waals surface area (Å²) in [5.41, 5.74) is 14.7. The van der Waals surface area contributed by atoms with Crippen molar-refractivity contribution in [2.75, 3.05) is 5.90 Å². The van der Waals surface area contributed by atoms with Crippen molar-refractivity contribution in [1.82, 2.24) is 0 Å². The second-order valence-electron chi connectivity index (χ2n) is 12.8. The molecule has 6 rings (SSSR count). The summed E-state index contributed by atoms with van der Waals surface area (Å²) >= 11 is 0. The Morgan fingerprint density at radius 2 is 0.735 bits per heavy atom. The van der Waals surface area contributed by atoms with Crippen molar-refractivity contribution in [3.05, 3.63) is 177 Å². The van der Waals surface area contributed by atoms with Crippen molar-refractivity contribution < 1.29 is 40.2 Å². The molecule has 0 amide bonds.